The van der Waals surface area contributed by atoms with E-state index in [1.807, 2.05) is 0 Å². The number of aliphatic hydroxyl groups excluding tert-OH is 1. The molecule has 1 aliphatic rings. The van der Waals surface area contributed by atoms with Crippen LogP contribution in [-0.4, -0.2) is 32.5 Å². The minimum atomic E-state index is -3.59. The Morgan fingerprint density at radius 3 is 2.62 bits per heavy atom. The maximum absolute atomic E-state index is 14.2. The number of benzene rings is 2. The van der Waals surface area contributed by atoms with Crippen molar-refractivity contribution in [3.63, 3.8) is 0 Å². The van der Waals surface area contributed by atoms with Gasteiger partial charge in [-0.25, -0.2) is 12.8 Å². The molecule has 0 unspecified atom stereocenters. The Morgan fingerprint density at radius 1 is 1.31 bits per heavy atom. The molecule has 0 fully saturated rings. The molecule has 0 aromatic heterocycles. The molecule has 0 spiro atoms. The zero-order valence-electron chi connectivity index (χ0n) is 14.6. The van der Waals surface area contributed by atoms with E-state index in [0.29, 0.717) is 11.1 Å². The van der Waals surface area contributed by atoms with Crippen molar-refractivity contribution in [3.8, 4) is 5.75 Å². The second kappa shape index (κ2) is 7.76. The molecule has 145 valence electrons. The molecule has 1 radical (unpaired) electrons. The molecular formula is C19H20FHoO4S-. The van der Waals surface area contributed by atoms with Gasteiger partial charge in [-0.3, -0.25) is 0 Å². The summed E-state index contributed by atoms with van der Waals surface area (Å²) in [4.78, 5) is 0.140. The molecule has 1 heterocycles. The fourth-order valence-corrected chi connectivity index (χ4v) is 5.57. The predicted octanol–water partition coefficient (Wildman–Crippen LogP) is 2.94. The molecule has 4 nitrogen and oxygen atoms in total. The Balaban J connectivity index is 0.00000243. The molecule has 0 amide bonds. The van der Waals surface area contributed by atoms with E-state index in [4.69, 9.17) is 4.74 Å². The van der Waals surface area contributed by atoms with Gasteiger partial charge in [0.1, 0.15) is 9.84 Å². The number of halogens is 1. The number of rotatable bonds is 2. The quantitative estimate of drug-likeness (QED) is 0.481. The topological polar surface area (TPSA) is 63.6 Å². The monoisotopic (exact) mass is 528 g/mol. The summed E-state index contributed by atoms with van der Waals surface area (Å²) in [6.07, 6.45) is -1.00. The third-order valence-electron chi connectivity index (χ3n) is 4.74. The summed E-state index contributed by atoms with van der Waals surface area (Å²) in [6.45, 7) is 3.41. The van der Waals surface area contributed by atoms with E-state index >= 15 is 0 Å². The molecule has 0 saturated heterocycles. The Kier molecular flexibility index (Phi) is 6.46. The van der Waals surface area contributed by atoms with Crippen molar-refractivity contribution in [1.82, 2.24) is 0 Å². The molecule has 1 aliphatic heterocycles. The van der Waals surface area contributed by atoms with Crippen LogP contribution in [0.5, 0.6) is 5.75 Å². The van der Waals surface area contributed by atoms with Crippen LogP contribution in [0.1, 0.15) is 30.9 Å². The summed E-state index contributed by atoms with van der Waals surface area (Å²) in [5.74, 6) is -1.32. The van der Waals surface area contributed by atoms with Crippen LogP contribution in [0, 0.1) is 55.0 Å². The minimum absolute atomic E-state index is 0. The Morgan fingerprint density at radius 2 is 2.00 bits per heavy atom. The van der Waals surface area contributed by atoms with Crippen LogP contribution in [0.25, 0.3) is 0 Å². The van der Waals surface area contributed by atoms with Crippen molar-refractivity contribution < 1.29 is 60.4 Å². The van der Waals surface area contributed by atoms with Crippen molar-refractivity contribution in [2.45, 2.75) is 30.8 Å². The summed E-state index contributed by atoms with van der Waals surface area (Å²) >= 11 is 0. The van der Waals surface area contributed by atoms with Gasteiger partial charge in [0.25, 0.3) is 0 Å². The number of aliphatic hydroxyl groups is 1. The fourth-order valence-electron chi connectivity index (χ4n) is 3.47. The third-order valence-corrected chi connectivity index (χ3v) is 6.89. The van der Waals surface area contributed by atoms with Gasteiger partial charge in [0, 0.05) is 49.1 Å². The van der Waals surface area contributed by atoms with Crippen molar-refractivity contribution in [3.05, 3.63) is 59.4 Å². The smallest absolute Gasteiger partial charge is 0.165 e. The molecule has 2 aromatic carbocycles. The number of hydrogen-bond acceptors (Lipinski definition) is 4. The van der Waals surface area contributed by atoms with Gasteiger partial charge in [-0.2, -0.15) is 24.3 Å². The van der Waals surface area contributed by atoms with E-state index in [-0.39, 0.29) is 54.1 Å². The van der Waals surface area contributed by atoms with Gasteiger partial charge in [-0.15, -0.1) is 5.56 Å². The summed E-state index contributed by atoms with van der Waals surface area (Å²) in [5, 5.41) is 11.0. The van der Waals surface area contributed by atoms with Gasteiger partial charge < -0.3 is 9.84 Å². The Bertz CT molecular complexity index is 912. The first-order valence-corrected chi connectivity index (χ1v) is 9.57. The molecule has 0 bridgehead atoms. The number of methoxy groups -OCH3 is 1. The van der Waals surface area contributed by atoms with E-state index in [0.717, 1.165) is 0 Å². The number of hydrogen-bond donors (Lipinski definition) is 1. The first-order valence-electron chi connectivity index (χ1n) is 7.91. The molecule has 7 heteroatoms. The van der Waals surface area contributed by atoms with Crippen LogP contribution in [0.15, 0.2) is 41.3 Å². The third kappa shape index (κ3) is 3.80. The summed E-state index contributed by atoms with van der Waals surface area (Å²) in [5.41, 5.74) is 0.0589. The van der Waals surface area contributed by atoms with E-state index in [1.54, 1.807) is 32.0 Å². The molecule has 0 saturated carbocycles. The van der Waals surface area contributed by atoms with Gasteiger partial charge in [0.05, 0.1) is 19.0 Å². The van der Waals surface area contributed by atoms with Crippen LogP contribution in [0.3, 0.4) is 0 Å². The second-order valence-electron chi connectivity index (χ2n) is 7.03. The number of ether oxygens (including phenoxy) is 1. The average molecular weight is 528 g/mol. The zero-order valence-corrected chi connectivity index (χ0v) is 17.3. The van der Waals surface area contributed by atoms with E-state index in [9.17, 15) is 17.9 Å². The van der Waals surface area contributed by atoms with Crippen LogP contribution in [0.2, 0.25) is 0 Å². The van der Waals surface area contributed by atoms with Gasteiger partial charge in [0.15, 0.2) is 11.6 Å². The van der Waals surface area contributed by atoms with E-state index in [2.05, 4.69) is 6.07 Å². The standard InChI is InChI=1S/C19H20FO4S.Ho/c1-19(2)11-25(22,23)16-7-5-4-6-13(16)17(18(19)21)12-8-9-15(24-3)14(20)10-12;/h4,6-10,17-18,21H,11H2,1-3H3;/q-1;/t17-,18-;/m1./s1. The molecule has 2 aromatic rings. The summed E-state index contributed by atoms with van der Waals surface area (Å²) in [7, 11) is -2.22. The Hall–Kier alpha value is -0.660. The molecule has 2 atom stereocenters. The first kappa shape index (κ1) is 21.6. The van der Waals surface area contributed by atoms with Crippen LogP contribution in [0.4, 0.5) is 4.39 Å². The van der Waals surface area contributed by atoms with E-state index in [1.165, 1.54) is 25.3 Å². The summed E-state index contributed by atoms with van der Waals surface area (Å²) < 4.78 is 44.7. The first-order chi connectivity index (χ1) is 11.7. The van der Waals surface area contributed by atoms with Crippen molar-refractivity contribution in [2.75, 3.05) is 12.9 Å². The predicted molar refractivity (Wildman–Crippen MR) is 91.9 cm³/mol. The normalized spacial score (nSPS) is 23.3. The van der Waals surface area contributed by atoms with Crippen molar-refractivity contribution >= 4 is 9.84 Å². The average Bonchev–Trinajstić information content (AvgIpc) is 2.59. The fraction of sp³-hybridized carbons (Fsp3) is 0.368. The molecular weight excluding hydrogens is 508 g/mol. The second-order valence-corrected chi connectivity index (χ2v) is 8.99. The number of fused-ring (bicyclic) bond motifs is 1. The van der Waals surface area contributed by atoms with Crippen molar-refractivity contribution in [1.29, 1.82) is 0 Å². The SMILES string of the molecule is COc1ccc([C@@H]2c3cc[c-]cc3S(=O)(=O)CC(C)(C)[C@@H]2O)cc1F.[Ho]. The van der Waals surface area contributed by atoms with Crippen molar-refractivity contribution in [2.24, 2.45) is 5.41 Å². The minimum Gasteiger partial charge on any atom is -0.494 e. The van der Waals surface area contributed by atoms with Crippen LogP contribution < -0.4 is 4.74 Å². The van der Waals surface area contributed by atoms with Gasteiger partial charge in [0.2, 0.25) is 0 Å². The van der Waals surface area contributed by atoms with Crippen LogP contribution in [-0.2, 0) is 9.84 Å². The van der Waals surface area contributed by atoms with Gasteiger partial charge >= 0.3 is 0 Å². The Labute approximate surface area is 183 Å². The molecule has 1 N–H and O–H groups in total. The number of sulfone groups is 1. The van der Waals surface area contributed by atoms with Gasteiger partial charge in [-0.05, 0) is 22.6 Å². The van der Waals surface area contributed by atoms with E-state index < -0.39 is 33.1 Å². The van der Waals surface area contributed by atoms with Crippen LogP contribution >= 0.6 is 0 Å². The molecule has 0 aliphatic carbocycles. The summed E-state index contributed by atoms with van der Waals surface area (Å²) in [6, 6.07) is 11.9. The maximum Gasteiger partial charge on any atom is 0.165 e. The zero-order chi connectivity index (χ0) is 18.4. The molecule has 26 heavy (non-hydrogen) atoms. The van der Waals surface area contributed by atoms with Gasteiger partial charge in [-0.1, -0.05) is 19.9 Å². The molecule has 3 rings (SSSR count). The maximum atomic E-state index is 14.2. The largest absolute Gasteiger partial charge is 0.494 e.